The van der Waals surface area contributed by atoms with Crippen LogP contribution in [0.25, 0.3) is 0 Å². The van der Waals surface area contributed by atoms with Gasteiger partial charge in [0.25, 0.3) is 0 Å². The van der Waals surface area contributed by atoms with E-state index < -0.39 is 23.4 Å². The molecule has 1 aromatic rings. The molecular formula is C13H15FO4S. The van der Waals surface area contributed by atoms with Gasteiger partial charge in [0.2, 0.25) is 0 Å². The number of ether oxygens (including phenoxy) is 1. The van der Waals surface area contributed by atoms with Crippen LogP contribution in [0, 0.1) is 5.82 Å². The molecule has 0 atom stereocenters. The number of carboxylic acid groups (broad SMARTS) is 1. The minimum absolute atomic E-state index is 0.0548. The van der Waals surface area contributed by atoms with Gasteiger partial charge in [-0.05, 0) is 32.9 Å². The lowest BCUT2D eigenvalue weighted by molar-refractivity contribution is -0.151. The molecule has 1 aromatic carbocycles. The maximum absolute atomic E-state index is 13.6. The zero-order valence-corrected chi connectivity index (χ0v) is 11.7. The number of halogens is 1. The molecule has 0 aromatic heterocycles. The molecule has 19 heavy (non-hydrogen) atoms. The van der Waals surface area contributed by atoms with Crippen LogP contribution in [0.3, 0.4) is 0 Å². The molecule has 0 aliphatic carbocycles. The maximum Gasteiger partial charge on any atom is 0.336 e. The lowest BCUT2D eigenvalue weighted by Crippen LogP contribution is -2.25. The van der Waals surface area contributed by atoms with Gasteiger partial charge in [-0.15, -0.1) is 11.8 Å². The summed E-state index contributed by atoms with van der Waals surface area (Å²) in [6, 6.07) is 3.77. The Labute approximate surface area is 115 Å². The second kappa shape index (κ2) is 6.06. The van der Waals surface area contributed by atoms with Crippen LogP contribution < -0.4 is 0 Å². The molecule has 4 nitrogen and oxygen atoms in total. The standard InChI is InChI=1S/C13H15FO4S/c1-13(2,3)18-10(15)7-19-11-8(12(16)17)5-4-6-9(11)14/h4-6H,7H2,1-3H3,(H,16,17). The molecule has 0 unspecified atom stereocenters. The van der Waals surface area contributed by atoms with E-state index in [-0.39, 0.29) is 16.2 Å². The van der Waals surface area contributed by atoms with Crippen molar-refractivity contribution in [2.45, 2.75) is 31.3 Å². The van der Waals surface area contributed by atoms with E-state index in [4.69, 9.17) is 9.84 Å². The first-order chi connectivity index (χ1) is 8.70. The highest BCUT2D eigenvalue weighted by atomic mass is 32.2. The number of benzene rings is 1. The van der Waals surface area contributed by atoms with Crippen LogP contribution in [-0.2, 0) is 9.53 Å². The van der Waals surface area contributed by atoms with Crippen molar-refractivity contribution >= 4 is 23.7 Å². The van der Waals surface area contributed by atoms with E-state index in [1.54, 1.807) is 20.8 Å². The summed E-state index contributed by atoms with van der Waals surface area (Å²) in [4.78, 5) is 22.4. The quantitative estimate of drug-likeness (QED) is 0.681. The molecule has 104 valence electrons. The van der Waals surface area contributed by atoms with Gasteiger partial charge < -0.3 is 9.84 Å². The van der Waals surface area contributed by atoms with Crippen molar-refractivity contribution < 1.29 is 23.8 Å². The smallest absolute Gasteiger partial charge is 0.336 e. The third-order valence-electron chi connectivity index (χ3n) is 1.95. The fraction of sp³-hybridized carbons (Fsp3) is 0.385. The molecule has 0 aliphatic heterocycles. The highest BCUT2D eigenvalue weighted by Gasteiger charge is 2.19. The number of carbonyl (C=O) groups is 2. The third kappa shape index (κ3) is 4.90. The highest BCUT2D eigenvalue weighted by molar-refractivity contribution is 8.00. The number of hydrogen-bond acceptors (Lipinski definition) is 4. The van der Waals surface area contributed by atoms with Gasteiger partial charge in [0.15, 0.2) is 0 Å². The molecule has 0 radical (unpaired) electrons. The van der Waals surface area contributed by atoms with E-state index in [2.05, 4.69) is 0 Å². The van der Waals surface area contributed by atoms with Crippen LogP contribution in [0.2, 0.25) is 0 Å². The molecule has 0 spiro atoms. The van der Waals surface area contributed by atoms with Gasteiger partial charge in [0.1, 0.15) is 11.4 Å². The van der Waals surface area contributed by atoms with E-state index >= 15 is 0 Å². The molecule has 0 amide bonds. The monoisotopic (exact) mass is 286 g/mol. The van der Waals surface area contributed by atoms with E-state index in [1.165, 1.54) is 12.1 Å². The molecule has 1 rings (SSSR count). The number of esters is 1. The minimum atomic E-state index is -1.23. The SMILES string of the molecule is CC(C)(C)OC(=O)CSc1c(F)cccc1C(=O)O. The first kappa shape index (κ1) is 15.5. The number of carbonyl (C=O) groups excluding carboxylic acids is 1. The van der Waals surface area contributed by atoms with Crippen molar-refractivity contribution in [1.82, 2.24) is 0 Å². The molecule has 0 heterocycles. The molecule has 6 heteroatoms. The van der Waals surface area contributed by atoms with Crippen molar-refractivity contribution in [2.24, 2.45) is 0 Å². The second-order valence-electron chi connectivity index (χ2n) is 4.80. The average Bonchev–Trinajstić information content (AvgIpc) is 2.24. The fourth-order valence-electron chi connectivity index (χ4n) is 1.33. The molecular weight excluding hydrogens is 271 g/mol. The summed E-state index contributed by atoms with van der Waals surface area (Å²) >= 11 is 0.820. The van der Waals surface area contributed by atoms with Crippen LogP contribution >= 0.6 is 11.8 Å². The summed E-state index contributed by atoms with van der Waals surface area (Å²) in [5.74, 6) is -2.55. The summed E-state index contributed by atoms with van der Waals surface area (Å²) in [5.41, 5.74) is -0.781. The molecule has 0 saturated carbocycles. The maximum atomic E-state index is 13.6. The summed E-state index contributed by atoms with van der Waals surface area (Å²) in [7, 11) is 0. The number of thioether (sulfide) groups is 1. The van der Waals surface area contributed by atoms with Crippen LogP contribution in [0.4, 0.5) is 4.39 Å². The fourth-order valence-corrected chi connectivity index (χ4v) is 2.16. The third-order valence-corrected chi connectivity index (χ3v) is 3.04. The van der Waals surface area contributed by atoms with Crippen molar-refractivity contribution in [1.29, 1.82) is 0 Å². The predicted molar refractivity (Wildman–Crippen MR) is 69.9 cm³/mol. The van der Waals surface area contributed by atoms with Gasteiger partial charge in [-0.25, -0.2) is 9.18 Å². The first-order valence-electron chi connectivity index (χ1n) is 5.57. The van der Waals surface area contributed by atoms with E-state index in [0.717, 1.165) is 17.8 Å². The van der Waals surface area contributed by atoms with Crippen molar-refractivity contribution in [3.05, 3.63) is 29.6 Å². The molecule has 1 N–H and O–H groups in total. The van der Waals surface area contributed by atoms with Crippen molar-refractivity contribution in [2.75, 3.05) is 5.75 Å². The number of aromatic carboxylic acids is 1. The summed E-state index contributed by atoms with van der Waals surface area (Å²) in [6.07, 6.45) is 0. The topological polar surface area (TPSA) is 63.6 Å². The van der Waals surface area contributed by atoms with Gasteiger partial charge >= 0.3 is 11.9 Å². The lowest BCUT2D eigenvalue weighted by atomic mass is 10.2. The second-order valence-corrected chi connectivity index (χ2v) is 5.78. The summed E-state index contributed by atoms with van der Waals surface area (Å²) in [6.45, 7) is 5.17. The Morgan fingerprint density at radius 3 is 2.53 bits per heavy atom. The van der Waals surface area contributed by atoms with Crippen molar-refractivity contribution in [3.8, 4) is 0 Å². The van der Waals surface area contributed by atoms with Crippen LogP contribution in [0.15, 0.2) is 23.1 Å². The number of carboxylic acids is 1. The molecule has 0 saturated heterocycles. The minimum Gasteiger partial charge on any atom is -0.478 e. The van der Waals surface area contributed by atoms with E-state index in [1.807, 2.05) is 0 Å². The Balaban J connectivity index is 2.78. The van der Waals surface area contributed by atoms with Crippen LogP contribution in [-0.4, -0.2) is 28.4 Å². The summed E-state index contributed by atoms with van der Waals surface area (Å²) in [5, 5.41) is 8.95. The molecule has 0 fully saturated rings. The van der Waals surface area contributed by atoms with Gasteiger partial charge in [-0.1, -0.05) is 6.07 Å². The first-order valence-corrected chi connectivity index (χ1v) is 6.56. The summed E-state index contributed by atoms with van der Waals surface area (Å²) < 4.78 is 18.6. The molecule has 0 bridgehead atoms. The van der Waals surface area contributed by atoms with E-state index in [9.17, 15) is 14.0 Å². The highest BCUT2D eigenvalue weighted by Crippen LogP contribution is 2.26. The predicted octanol–water partition coefficient (Wildman–Crippen LogP) is 2.96. The van der Waals surface area contributed by atoms with Crippen LogP contribution in [0.5, 0.6) is 0 Å². The van der Waals surface area contributed by atoms with Gasteiger partial charge in [-0.2, -0.15) is 0 Å². The van der Waals surface area contributed by atoms with E-state index in [0.29, 0.717) is 0 Å². The van der Waals surface area contributed by atoms with Crippen molar-refractivity contribution in [3.63, 3.8) is 0 Å². The Morgan fingerprint density at radius 1 is 1.37 bits per heavy atom. The zero-order chi connectivity index (χ0) is 14.6. The Kier molecular flexibility index (Phi) is 4.94. The van der Waals surface area contributed by atoms with Gasteiger partial charge in [0, 0.05) is 0 Å². The lowest BCUT2D eigenvalue weighted by Gasteiger charge is -2.19. The number of hydrogen-bond donors (Lipinski definition) is 1. The Morgan fingerprint density at radius 2 is 2.00 bits per heavy atom. The van der Waals surface area contributed by atoms with Crippen LogP contribution in [0.1, 0.15) is 31.1 Å². The van der Waals surface area contributed by atoms with Gasteiger partial charge in [0.05, 0.1) is 16.2 Å². The Bertz CT molecular complexity index is 494. The Hall–Kier alpha value is -1.56. The normalized spacial score (nSPS) is 11.2. The van der Waals surface area contributed by atoms with Gasteiger partial charge in [-0.3, -0.25) is 4.79 Å². The largest absolute Gasteiger partial charge is 0.478 e. The molecule has 0 aliphatic rings. The average molecular weight is 286 g/mol. The number of rotatable bonds is 4. The zero-order valence-electron chi connectivity index (χ0n) is 10.9.